The van der Waals surface area contributed by atoms with Gasteiger partial charge in [-0.2, -0.15) is 0 Å². The molecule has 82 heavy (non-hydrogen) atoms. The van der Waals surface area contributed by atoms with Crippen molar-refractivity contribution in [3.63, 3.8) is 0 Å². The van der Waals surface area contributed by atoms with E-state index in [9.17, 15) is 0 Å². The Hall–Kier alpha value is -8.89. The summed E-state index contributed by atoms with van der Waals surface area (Å²) in [6, 6.07) is 76.2. The molecule has 9 aromatic carbocycles. The zero-order valence-electron chi connectivity index (χ0n) is 51.8. The monoisotopic (exact) mass is 1070 g/mol. The van der Waals surface area contributed by atoms with Crippen molar-refractivity contribution in [2.45, 2.75) is 111 Å². The molecule has 1 aliphatic heterocycles. The lowest BCUT2D eigenvalue weighted by Gasteiger charge is -2.43. The van der Waals surface area contributed by atoms with Gasteiger partial charge in [-0.3, -0.25) is 4.57 Å². The van der Waals surface area contributed by atoms with E-state index in [1.54, 1.807) is 12.3 Å². The largest absolute Gasteiger partial charge is 0.503 e. The summed E-state index contributed by atoms with van der Waals surface area (Å²) < 4.78 is 40.8. The van der Waals surface area contributed by atoms with Crippen LogP contribution in [0.4, 0.5) is 22.7 Å². The first-order valence-electron chi connectivity index (χ1n) is 30.4. The molecule has 1 aliphatic carbocycles. The molecule has 2 aliphatic rings. The molecule has 2 aromatic heterocycles. The van der Waals surface area contributed by atoms with Crippen molar-refractivity contribution in [2.24, 2.45) is 0 Å². The van der Waals surface area contributed by atoms with Gasteiger partial charge in [0.25, 0.3) is 11.4 Å². The molecule has 0 atom stereocenters. The lowest BCUT2D eigenvalue weighted by atomic mass is 9.61. The highest BCUT2D eigenvalue weighted by atomic mass is 16.5. The Morgan fingerprint density at radius 3 is 1.79 bits per heavy atom. The van der Waals surface area contributed by atoms with E-state index >= 15 is 0 Å². The van der Waals surface area contributed by atoms with Gasteiger partial charge < -0.3 is 4.74 Å². The lowest BCUT2D eigenvalue weighted by Crippen LogP contribution is -2.34. The van der Waals surface area contributed by atoms with Crippen LogP contribution in [0.5, 0.6) is 11.5 Å². The summed E-state index contributed by atoms with van der Waals surface area (Å²) in [5.41, 5.74) is 18.9. The molecule has 0 fully saturated rings. The molecule has 5 heteroatoms. The maximum Gasteiger partial charge on any atom is 0.503 e. The summed E-state index contributed by atoms with van der Waals surface area (Å²) in [5, 5.41) is 2.03. The second-order valence-electron chi connectivity index (χ2n) is 25.9. The van der Waals surface area contributed by atoms with E-state index in [2.05, 4.69) is 265 Å². The summed E-state index contributed by atoms with van der Waals surface area (Å²) in [6.07, 6.45) is 3.85. The van der Waals surface area contributed by atoms with Crippen LogP contribution in [0.2, 0.25) is 0 Å². The number of hydrogen-bond acceptors (Lipinski definition) is 2. The predicted octanol–water partition coefficient (Wildman–Crippen LogP) is 20.7. The molecule has 0 radical (unpaired) electrons. The summed E-state index contributed by atoms with van der Waals surface area (Å²) in [7, 11) is 0. The minimum atomic E-state index is -2.44. The van der Waals surface area contributed by atoms with Gasteiger partial charge in [-0.05, 0) is 149 Å². The molecule has 404 valence electrons. The Morgan fingerprint density at radius 2 is 1.10 bits per heavy atom. The third-order valence-corrected chi connectivity index (χ3v) is 17.3. The summed E-state index contributed by atoms with van der Waals surface area (Å²) in [5.74, 6) is 1.78. The van der Waals surface area contributed by atoms with Gasteiger partial charge in [0.2, 0.25) is 11.4 Å². The first-order chi connectivity index (χ1) is 40.5. The first kappa shape index (κ1) is 49.0. The van der Waals surface area contributed by atoms with Gasteiger partial charge in [0, 0.05) is 50.9 Å². The van der Waals surface area contributed by atoms with Gasteiger partial charge in [0.05, 0.1) is 28.2 Å². The number of nitrogens with zero attached hydrogens (tertiary/aromatic N) is 4. The number of aryl methyl sites for hydroxylation is 1. The zero-order valence-corrected chi connectivity index (χ0v) is 48.8. The highest BCUT2D eigenvalue weighted by Gasteiger charge is 2.41. The molecular weight excluding hydrogens is 997 g/mol. The maximum atomic E-state index is 9.11. The molecule has 0 bridgehead atoms. The lowest BCUT2D eigenvalue weighted by molar-refractivity contribution is 0.333. The highest BCUT2D eigenvalue weighted by Crippen LogP contribution is 2.51. The third-order valence-electron chi connectivity index (χ3n) is 17.3. The van der Waals surface area contributed by atoms with Crippen LogP contribution in [0.25, 0.3) is 72.1 Å². The smallest absolute Gasteiger partial charge is 0.457 e. The Bertz CT molecular complexity index is 4510. The fraction of sp³-hybridized carbons (Fsp3) is 0.221. The van der Waals surface area contributed by atoms with Crippen LogP contribution in [-0.2, 0) is 21.7 Å². The number of ether oxygens (including phenoxy) is 1. The van der Waals surface area contributed by atoms with Gasteiger partial charge in [0.1, 0.15) is 17.3 Å². The molecule has 3 heterocycles. The first-order valence-corrected chi connectivity index (χ1v) is 28.9. The average molecular weight is 1070 g/mol. The third kappa shape index (κ3) is 9.18. The van der Waals surface area contributed by atoms with Crippen molar-refractivity contribution >= 4 is 50.6 Å². The molecule has 0 N–H and O–H groups in total. The molecule has 0 saturated heterocycles. The Balaban J connectivity index is 0.962. The fourth-order valence-electron chi connectivity index (χ4n) is 12.7. The second-order valence-corrected chi connectivity index (χ2v) is 25.9. The van der Waals surface area contributed by atoms with Crippen molar-refractivity contribution in [1.29, 1.82) is 0 Å². The quantitative estimate of drug-likeness (QED) is 0.135. The van der Waals surface area contributed by atoms with Crippen LogP contribution in [0.15, 0.2) is 212 Å². The molecular formula is C77H72N4O+2. The Kier molecular flexibility index (Phi) is 11.8. The van der Waals surface area contributed by atoms with E-state index in [0.717, 1.165) is 96.3 Å². The summed E-state index contributed by atoms with van der Waals surface area (Å²) in [6.45, 7) is 20.5. The van der Waals surface area contributed by atoms with Crippen LogP contribution in [0.3, 0.4) is 0 Å². The van der Waals surface area contributed by atoms with Gasteiger partial charge in [0.15, 0.2) is 0 Å². The van der Waals surface area contributed by atoms with Gasteiger partial charge >= 0.3 is 6.01 Å². The van der Waals surface area contributed by atoms with E-state index in [0.29, 0.717) is 22.9 Å². The zero-order chi connectivity index (χ0) is 59.4. The topological polar surface area (TPSA) is 33.1 Å². The Morgan fingerprint density at radius 1 is 0.512 bits per heavy atom. The second kappa shape index (κ2) is 19.7. The van der Waals surface area contributed by atoms with E-state index < -0.39 is 6.85 Å². The summed E-state index contributed by atoms with van der Waals surface area (Å²) in [4.78, 5) is 5.25. The number of para-hydroxylation sites is 3. The Labute approximate surface area is 488 Å². The number of aromatic nitrogens is 2. The number of pyridine rings is 1. The van der Waals surface area contributed by atoms with Crippen LogP contribution in [0, 0.1) is 6.85 Å². The molecule has 5 nitrogen and oxygen atoms in total. The van der Waals surface area contributed by atoms with Crippen LogP contribution < -0.4 is 13.9 Å². The van der Waals surface area contributed by atoms with Gasteiger partial charge in [-0.25, -0.2) is 4.98 Å². The SMILES string of the molecule is [2H]C([2H])([2H])c1cc(-n2c3cc(Oc4cccc([N+]5=C=[N+](c6c(-c7ccccc7)cccc6-c6cc(C(C)(C)C)cc(C(C)(C)C)c6)c6ccccc65)c4)ccc3c3c(-c4ccccc4)cccc32)ncc1-c1cccc2c1C(C)(C)CCC2(C)C. The van der Waals surface area contributed by atoms with Crippen molar-refractivity contribution in [1.82, 2.24) is 18.7 Å². The number of fused-ring (bicyclic) bond motifs is 5. The van der Waals surface area contributed by atoms with Crippen LogP contribution in [0.1, 0.15) is 114 Å². The molecule has 0 amide bonds. The normalized spacial score (nSPS) is 15.3. The van der Waals surface area contributed by atoms with E-state index in [-0.39, 0.29) is 27.2 Å². The highest BCUT2D eigenvalue weighted by molar-refractivity contribution is 6.16. The minimum Gasteiger partial charge on any atom is -0.457 e. The number of hydrogen-bond donors (Lipinski definition) is 0. The van der Waals surface area contributed by atoms with Gasteiger partial charge in [-0.1, -0.05) is 203 Å². The average Bonchev–Trinajstić information content (AvgIpc) is 2.21. The van der Waals surface area contributed by atoms with Crippen LogP contribution in [-0.4, -0.2) is 15.6 Å². The molecule has 13 rings (SSSR count). The minimum absolute atomic E-state index is 0.0518. The van der Waals surface area contributed by atoms with Crippen molar-refractivity contribution in [3.05, 3.63) is 240 Å². The maximum absolute atomic E-state index is 9.11. The van der Waals surface area contributed by atoms with E-state index in [1.165, 1.54) is 22.3 Å². The van der Waals surface area contributed by atoms with E-state index in [4.69, 9.17) is 13.8 Å². The van der Waals surface area contributed by atoms with E-state index in [1.807, 2.05) is 24.3 Å². The van der Waals surface area contributed by atoms with Crippen LogP contribution >= 0.6 is 0 Å². The van der Waals surface area contributed by atoms with Crippen molar-refractivity contribution in [2.75, 3.05) is 0 Å². The van der Waals surface area contributed by atoms with Crippen molar-refractivity contribution < 1.29 is 8.85 Å². The summed E-state index contributed by atoms with van der Waals surface area (Å²) >= 11 is 0. The molecule has 11 aromatic rings. The molecule has 0 unspecified atom stereocenters. The molecule has 0 saturated carbocycles. The molecule has 0 spiro atoms. The fourth-order valence-corrected chi connectivity index (χ4v) is 12.7. The predicted molar refractivity (Wildman–Crippen MR) is 345 cm³/mol. The number of benzene rings is 9. The standard InChI is InChI=1S/C77H72N4O/c1-50-42-70(78-48-64(50)62-33-22-34-65-72(62)77(10,11)41-40-76(65,8)9)81-68-37-23-30-59(51-24-14-12-15-25-51)71(68)63-39-38-58(47-69(63)81)82-57-29-20-28-56(46-57)79-49-80(67-36-19-18-35-66(67)79)73-60(52-26-16-13-17-27-52)31-21-32-61(73)53-43-54(74(2,3)4)45-55(44-53)75(5,6)7/h12-39,42-48H,40-41H2,1-11H3/q+2/i1D3. The van der Waals surface area contributed by atoms with Gasteiger partial charge in [-0.15, -0.1) is 0 Å². The van der Waals surface area contributed by atoms with Crippen molar-refractivity contribution in [3.8, 4) is 61.8 Å². The number of rotatable bonds is 9.